The van der Waals surface area contributed by atoms with Crippen LogP contribution in [0.25, 0.3) is 0 Å². The number of hydrogen-bond donors (Lipinski definition) is 2. The summed E-state index contributed by atoms with van der Waals surface area (Å²) in [5, 5.41) is 3.85. The molecule has 1 aromatic heterocycles. The van der Waals surface area contributed by atoms with E-state index in [0.29, 0.717) is 6.61 Å². The second-order valence-electron chi connectivity index (χ2n) is 4.86. The molecule has 18 heavy (non-hydrogen) atoms. The van der Waals surface area contributed by atoms with Gasteiger partial charge in [-0.1, -0.05) is 0 Å². The summed E-state index contributed by atoms with van der Waals surface area (Å²) in [6.45, 7) is 0.661. The smallest absolute Gasteiger partial charge is 0.244 e. The summed E-state index contributed by atoms with van der Waals surface area (Å²) in [5.41, 5.74) is 5.97. The number of aromatic nitrogens is 2. The zero-order chi connectivity index (χ0) is 12.9. The summed E-state index contributed by atoms with van der Waals surface area (Å²) in [4.78, 5) is 0.152. The average molecular weight is 272 g/mol. The van der Waals surface area contributed by atoms with Gasteiger partial charge in [0, 0.05) is 31.8 Å². The van der Waals surface area contributed by atoms with Crippen molar-refractivity contribution in [3.63, 3.8) is 0 Å². The van der Waals surface area contributed by atoms with Crippen LogP contribution in [-0.2, 0) is 21.8 Å². The number of nitrogens with zero attached hydrogens (tertiary/aromatic N) is 2. The molecule has 3 rings (SSSR count). The van der Waals surface area contributed by atoms with E-state index in [-0.39, 0.29) is 29.0 Å². The summed E-state index contributed by atoms with van der Waals surface area (Å²) in [7, 11) is -1.89. The van der Waals surface area contributed by atoms with Gasteiger partial charge in [0.25, 0.3) is 0 Å². The van der Waals surface area contributed by atoms with Crippen LogP contribution < -0.4 is 10.5 Å². The lowest BCUT2D eigenvalue weighted by atomic mass is 9.73. The summed E-state index contributed by atoms with van der Waals surface area (Å²) in [6, 6.07) is -0.494. The van der Waals surface area contributed by atoms with Crippen molar-refractivity contribution >= 4 is 10.0 Å². The molecule has 4 atom stereocenters. The second-order valence-corrected chi connectivity index (χ2v) is 6.58. The van der Waals surface area contributed by atoms with Crippen LogP contribution in [0.15, 0.2) is 17.3 Å². The molecule has 0 bridgehead atoms. The van der Waals surface area contributed by atoms with Gasteiger partial charge < -0.3 is 10.5 Å². The SMILES string of the molecule is Cn1cc(S(=O)(=O)NC2C(N)C3CCOC32)cn1. The van der Waals surface area contributed by atoms with Crippen LogP contribution in [0.2, 0.25) is 0 Å². The lowest BCUT2D eigenvalue weighted by Gasteiger charge is -2.45. The minimum Gasteiger partial charge on any atom is -0.376 e. The monoisotopic (exact) mass is 272 g/mol. The Morgan fingerprint density at radius 3 is 3.06 bits per heavy atom. The molecule has 100 valence electrons. The summed E-state index contributed by atoms with van der Waals surface area (Å²) in [6.07, 6.45) is 3.61. The zero-order valence-corrected chi connectivity index (χ0v) is 10.8. The van der Waals surface area contributed by atoms with Crippen molar-refractivity contribution in [2.75, 3.05) is 6.61 Å². The Kier molecular flexibility index (Phi) is 2.70. The van der Waals surface area contributed by atoms with E-state index in [1.54, 1.807) is 7.05 Å². The number of fused-ring (bicyclic) bond motifs is 1. The number of nitrogens with one attached hydrogen (secondary N) is 1. The van der Waals surface area contributed by atoms with E-state index in [4.69, 9.17) is 10.5 Å². The number of rotatable bonds is 3. The lowest BCUT2D eigenvalue weighted by Crippen LogP contribution is -2.68. The van der Waals surface area contributed by atoms with Crippen LogP contribution in [0.4, 0.5) is 0 Å². The van der Waals surface area contributed by atoms with Gasteiger partial charge in [-0.05, 0) is 6.42 Å². The van der Waals surface area contributed by atoms with Crippen LogP contribution in [0.3, 0.4) is 0 Å². The van der Waals surface area contributed by atoms with E-state index in [1.165, 1.54) is 17.1 Å². The maximum Gasteiger partial charge on any atom is 0.244 e. The van der Waals surface area contributed by atoms with E-state index >= 15 is 0 Å². The van der Waals surface area contributed by atoms with Gasteiger partial charge in [0.1, 0.15) is 4.90 Å². The van der Waals surface area contributed by atoms with Crippen LogP contribution in [0.1, 0.15) is 6.42 Å². The maximum atomic E-state index is 12.1. The van der Waals surface area contributed by atoms with Crippen LogP contribution in [0, 0.1) is 5.92 Å². The van der Waals surface area contributed by atoms with Crippen LogP contribution in [-0.4, -0.2) is 43.0 Å². The fourth-order valence-corrected chi connectivity index (χ4v) is 3.94. The van der Waals surface area contributed by atoms with E-state index in [2.05, 4.69) is 9.82 Å². The van der Waals surface area contributed by atoms with E-state index in [9.17, 15) is 8.42 Å². The highest BCUT2D eigenvalue weighted by Crippen LogP contribution is 2.38. The van der Waals surface area contributed by atoms with Gasteiger partial charge in [-0.15, -0.1) is 0 Å². The van der Waals surface area contributed by atoms with Crippen LogP contribution in [0.5, 0.6) is 0 Å². The number of hydrogen-bond acceptors (Lipinski definition) is 5. The molecule has 0 amide bonds. The fourth-order valence-electron chi connectivity index (χ4n) is 2.68. The molecule has 1 saturated heterocycles. The van der Waals surface area contributed by atoms with Gasteiger partial charge in [0.2, 0.25) is 10.0 Å². The predicted octanol–water partition coefficient (Wildman–Crippen LogP) is -1.19. The fraction of sp³-hybridized carbons (Fsp3) is 0.700. The molecule has 1 aliphatic heterocycles. The molecule has 1 aliphatic carbocycles. The van der Waals surface area contributed by atoms with Gasteiger partial charge in [0.05, 0.1) is 18.3 Å². The van der Waals surface area contributed by atoms with Crippen molar-refractivity contribution in [3.8, 4) is 0 Å². The Morgan fingerprint density at radius 2 is 2.39 bits per heavy atom. The third kappa shape index (κ3) is 1.76. The molecule has 0 aromatic carbocycles. The largest absolute Gasteiger partial charge is 0.376 e. The van der Waals surface area contributed by atoms with Crippen molar-refractivity contribution in [1.29, 1.82) is 0 Å². The molecule has 8 heteroatoms. The summed E-state index contributed by atoms with van der Waals surface area (Å²) >= 11 is 0. The second kappa shape index (κ2) is 4.02. The number of aryl methyl sites for hydroxylation is 1. The number of nitrogens with two attached hydrogens (primary N) is 1. The average Bonchev–Trinajstić information content (AvgIpc) is 2.92. The molecule has 0 radical (unpaired) electrons. The van der Waals surface area contributed by atoms with Crippen LogP contribution >= 0.6 is 0 Å². The molecule has 2 fully saturated rings. The molecule has 4 unspecified atom stereocenters. The van der Waals surface area contributed by atoms with E-state index in [1.807, 2.05) is 0 Å². The van der Waals surface area contributed by atoms with Gasteiger partial charge in [-0.3, -0.25) is 4.68 Å². The third-order valence-electron chi connectivity index (χ3n) is 3.73. The quantitative estimate of drug-likeness (QED) is 0.721. The van der Waals surface area contributed by atoms with E-state index < -0.39 is 10.0 Å². The van der Waals surface area contributed by atoms with Crippen molar-refractivity contribution in [2.24, 2.45) is 18.7 Å². The molecule has 2 aliphatic rings. The summed E-state index contributed by atoms with van der Waals surface area (Å²) in [5.74, 6) is 0.284. The topological polar surface area (TPSA) is 99.2 Å². The highest BCUT2D eigenvalue weighted by Gasteiger charge is 2.53. The Hall–Kier alpha value is -0.960. The number of ether oxygens (including phenoxy) is 1. The molecule has 1 aromatic rings. The van der Waals surface area contributed by atoms with Gasteiger partial charge in [-0.25, -0.2) is 13.1 Å². The standard InChI is InChI=1S/C10H16N4O3S/c1-14-5-6(4-12-14)18(15,16)13-9-8(11)7-2-3-17-10(7)9/h4-5,7-10,13H,2-3,11H2,1H3. The first kappa shape index (κ1) is 12.1. The van der Waals surface area contributed by atoms with Crippen molar-refractivity contribution < 1.29 is 13.2 Å². The highest BCUT2D eigenvalue weighted by atomic mass is 32.2. The van der Waals surface area contributed by atoms with Crippen molar-refractivity contribution in [1.82, 2.24) is 14.5 Å². The van der Waals surface area contributed by atoms with Gasteiger partial charge >= 0.3 is 0 Å². The Morgan fingerprint density at radius 1 is 1.61 bits per heavy atom. The molecule has 7 nitrogen and oxygen atoms in total. The maximum absolute atomic E-state index is 12.1. The molecule has 0 spiro atoms. The lowest BCUT2D eigenvalue weighted by molar-refractivity contribution is -0.00924. The Bertz CT molecular complexity index is 555. The zero-order valence-electron chi connectivity index (χ0n) is 9.98. The minimum atomic E-state index is -3.56. The van der Waals surface area contributed by atoms with Gasteiger partial charge in [0.15, 0.2) is 0 Å². The van der Waals surface area contributed by atoms with Crippen molar-refractivity contribution in [2.45, 2.75) is 29.5 Å². The molecule has 2 heterocycles. The molecular weight excluding hydrogens is 256 g/mol. The first-order chi connectivity index (χ1) is 8.49. The minimum absolute atomic E-state index is 0.0774. The Labute approximate surface area is 105 Å². The first-order valence-corrected chi connectivity index (χ1v) is 7.35. The van der Waals surface area contributed by atoms with Crippen molar-refractivity contribution in [3.05, 3.63) is 12.4 Å². The van der Waals surface area contributed by atoms with Gasteiger partial charge in [-0.2, -0.15) is 5.10 Å². The summed E-state index contributed by atoms with van der Waals surface area (Å²) < 4.78 is 33.8. The third-order valence-corrected chi connectivity index (χ3v) is 5.14. The molecule has 3 N–H and O–H groups in total. The predicted molar refractivity (Wildman–Crippen MR) is 63.1 cm³/mol. The highest BCUT2D eigenvalue weighted by molar-refractivity contribution is 7.89. The number of sulfonamides is 1. The molecular formula is C10H16N4O3S. The van der Waals surface area contributed by atoms with E-state index in [0.717, 1.165) is 6.42 Å². The Balaban J connectivity index is 1.77. The molecule has 1 saturated carbocycles. The first-order valence-electron chi connectivity index (χ1n) is 5.87. The normalized spacial score (nSPS) is 35.2.